The molecule has 1 aromatic carbocycles. The van der Waals surface area contributed by atoms with E-state index in [4.69, 9.17) is 16.7 Å². The highest BCUT2D eigenvalue weighted by atomic mass is 35.5. The van der Waals surface area contributed by atoms with E-state index in [-0.39, 0.29) is 12.0 Å². The standard InChI is InChI=1S/C16H14ClNO2/c1-11(16(19)20)9-14-3-2-4-15(18-14)10-12-5-7-13(17)8-6-12/h2-8H,1,9-10H2,(H,19,20). The van der Waals surface area contributed by atoms with Crippen molar-refractivity contribution in [2.24, 2.45) is 0 Å². The van der Waals surface area contributed by atoms with E-state index >= 15 is 0 Å². The highest BCUT2D eigenvalue weighted by molar-refractivity contribution is 6.30. The van der Waals surface area contributed by atoms with Crippen LogP contribution in [0.1, 0.15) is 17.0 Å². The molecule has 0 aliphatic heterocycles. The summed E-state index contributed by atoms with van der Waals surface area (Å²) < 4.78 is 0. The minimum absolute atomic E-state index is 0.140. The Kier molecular flexibility index (Phi) is 4.53. The topological polar surface area (TPSA) is 50.2 Å². The summed E-state index contributed by atoms with van der Waals surface area (Å²) in [5.74, 6) is -0.991. The van der Waals surface area contributed by atoms with Gasteiger partial charge in [-0.1, -0.05) is 36.4 Å². The molecule has 3 nitrogen and oxygen atoms in total. The summed E-state index contributed by atoms with van der Waals surface area (Å²) in [7, 11) is 0. The van der Waals surface area contributed by atoms with Crippen molar-refractivity contribution in [1.29, 1.82) is 0 Å². The van der Waals surface area contributed by atoms with E-state index in [2.05, 4.69) is 11.6 Å². The van der Waals surface area contributed by atoms with E-state index in [9.17, 15) is 4.79 Å². The van der Waals surface area contributed by atoms with Gasteiger partial charge in [0.05, 0.1) is 0 Å². The number of pyridine rings is 1. The Balaban J connectivity index is 2.11. The van der Waals surface area contributed by atoms with Gasteiger partial charge in [0.25, 0.3) is 0 Å². The van der Waals surface area contributed by atoms with E-state index in [1.165, 1.54) is 0 Å². The van der Waals surface area contributed by atoms with Gasteiger partial charge in [-0.05, 0) is 29.8 Å². The molecule has 20 heavy (non-hydrogen) atoms. The van der Waals surface area contributed by atoms with Crippen molar-refractivity contribution in [3.8, 4) is 0 Å². The number of carbonyl (C=O) groups is 1. The third-order valence-corrected chi connectivity index (χ3v) is 3.11. The lowest BCUT2D eigenvalue weighted by Gasteiger charge is -2.05. The first kappa shape index (κ1) is 14.3. The van der Waals surface area contributed by atoms with Gasteiger partial charge in [-0.2, -0.15) is 0 Å². The molecule has 1 heterocycles. The average molecular weight is 288 g/mol. The number of benzene rings is 1. The van der Waals surface area contributed by atoms with Gasteiger partial charge in [-0.25, -0.2) is 4.79 Å². The predicted molar refractivity (Wildman–Crippen MR) is 79.0 cm³/mol. The fourth-order valence-electron chi connectivity index (χ4n) is 1.83. The van der Waals surface area contributed by atoms with Crippen molar-refractivity contribution >= 4 is 17.6 Å². The molecule has 0 spiro atoms. The quantitative estimate of drug-likeness (QED) is 0.856. The molecule has 0 aliphatic rings. The second kappa shape index (κ2) is 6.35. The molecule has 1 N–H and O–H groups in total. The predicted octanol–water partition coefficient (Wildman–Crippen LogP) is 3.51. The monoisotopic (exact) mass is 287 g/mol. The molecule has 0 saturated heterocycles. The lowest BCUT2D eigenvalue weighted by Crippen LogP contribution is -2.04. The Hall–Kier alpha value is -2.13. The van der Waals surface area contributed by atoms with Crippen molar-refractivity contribution in [2.75, 3.05) is 0 Å². The van der Waals surface area contributed by atoms with E-state index in [1.807, 2.05) is 36.4 Å². The minimum atomic E-state index is -0.991. The highest BCUT2D eigenvalue weighted by Gasteiger charge is 2.07. The van der Waals surface area contributed by atoms with Gasteiger partial charge in [-0.3, -0.25) is 4.98 Å². The first-order valence-corrected chi connectivity index (χ1v) is 6.53. The molecule has 0 bridgehead atoms. The summed E-state index contributed by atoms with van der Waals surface area (Å²) in [6.45, 7) is 3.52. The van der Waals surface area contributed by atoms with Gasteiger partial charge in [-0.15, -0.1) is 0 Å². The third kappa shape index (κ3) is 3.93. The molecular weight excluding hydrogens is 274 g/mol. The zero-order valence-electron chi connectivity index (χ0n) is 10.8. The maximum absolute atomic E-state index is 10.8. The van der Waals surface area contributed by atoms with E-state index in [0.717, 1.165) is 11.3 Å². The number of aromatic nitrogens is 1. The van der Waals surface area contributed by atoms with Crippen LogP contribution in [0.25, 0.3) is 0 Å². The first-order chi connectivity index (χ1) is 9.54. The molecule has 0 atom stereocenters. The Bertz CT molecular complexity index is 635. The van der Waals surface area contributed by atoms with Crippen molar-refractivity contribution in [1.82, 2.24) is 4.98 Å². The summed E-state index contributed by atoms with van der Waals surface area (Å²) in [4.78, 5) is 15.2. The van der Waals surface area contributed by atoms with Gasteiger partial charge in [0.2, 0.25) is 0 Å². The molecule has 0 radical (unpaired) electrons. The number of nitrogens with zero attached hydrogens (tertiary/aromatic N) is 1. The second-order valence-electron chi connectivity index (χ2n) is 4.51. The van der Waals surface area contributed by atoms with Crippen LogP contribution in [-0.4, -0.2) is 16.1 Å². The van der Waals surface area contributed by atoms with Crippen LogP contribution < -0.4 is 0 Å². The molecule has 1 aromatic heterocycles. The van der Waals surface area contributed by atoms with Gasteiger partial charge in [0.15, 0.2) is 0 Å². The zero-order chi connectivity index (χ0) is 14.5. The maximum Gasteiger partial charge on any atom is 0.331 e. The zero-order valence-corrected chi connectivity index (χ0v) is 11.6. The van der Waals surface area contributed by atoms with Crippen LogP contribution in [0.5, 0.6) is 0 Å². The van der Waals surface area contributed by atoms with Crippen LogP contribution in [0, 0.1) is 0 Å². The van der Waals surface area contributed by atoms with E-state index < -0.39 is 5.97 Å². The number of rotatable bonds is 5. The van der Waals surface area contributed by atoms with E-state index in [0.29, 0.717) is 17.1 Å². The van der Waals surface area contributed by atoms with Crippen molar-refractivity contribution in [3.63, 3.8) is 0 Å². The summed E-state index contributed by atoms with van der Waals surface area (Å²) in [6, 6.07) is 13.2. The lowest BCUT2D eigenvalue weighted by atomic mass is 10.1. The Morgan fingerprint density at radius 2 is 1.80 bits per heavy atom. The van der Waals surface area contributed by atoms with Crippen molar-refractivity contribution in [3.05, 3.63) is 76.6 Å². The fourth-order valence-corrected chi connectivity index (χ4v) is 1.96. The average Bonchev–Trinajstić information content (AvgIpc) is 2.42. The molecule has 0 amide bonds. The highest BCUT2D eigenvalue weighted by Crippen LogP contribution is 2.13. The number of carboxylic acids is 1. The van der Waals surface area contributed by atoms with Gasteiger partial charge in [0.1, 0.15) is 0 Å². The van der Waals surface area contributed by atoms with Gasteiger partial charge < -0.3 is 5.11 Å². The summed E-state index contributed by atoms with van der Waals surface area (Å²) in [5, 5.41) is 9.54. The Morgan fingerprint density at radius 3 is 2.45 bits per heavy atom. The number of halogens is 1. The smallest absolute Gasteiger partial charge is 0.331 e. The number of carboxylic acid groups (broad SMARTS) is 1. The van der Waals surface area contributed by atoms with Crippen LogP contribution in [0.2, 0.25) is 5.02 Å². The molecular formula is C16H14ClNO2. The van der Waals surface area contributed by atoms with E-state index in [1.54, 1.807) is 6.07 Å². The molecule has 0 saturated carbocycles. The van der Waals surface area contributed by atoms with Crippen LogP contribution in [0.15, 0.2) is 54.6 Å². The number of hydrogen-bond donors (Lipinski definition) is 1. The van der Waals surface area contributed by atoms with Crippen LogP contribution in [0.4, 0.5) is 0 Å². The molecule has 0 unspecified atom stereocenters. The van der Waals surface area contributed by atoms with Crippen molar-refractivity contribution in [2.45, 2.75) is 12.8 Å². The van der Waals surface area contributed by atoms with Gasteiger partial charge >= 0.3 is 5.97 Å². The SMILES string of the molecule is C=C(Cc1cccc(Cc2ccc(Cl)cc2)n1)C(=O)O. The summed E-state index contributed by atoms with van der Waals surface area (Å²) in [5.41, 5.74) is 2.85. The fraction of sp³-hybridized carbons (Fsp3) is 0.125. The maximum atomic E-state index is 10.8. The van der Waals surface area contributed by atoms with Crippen LogP contribution in [0.3, 0.4) is 0 Å². The van der Waals surface area contributed by atoms with Crippen LogP contribution >= 0.6 is 11.6 Å². The third-order valence-electron chi connectivity index (χ3n) is 2.86. The number of aliphatic carboxylic acids is 1. The lowest BCUT2D eigenvalue weighted by molar-refractivity contribution is -0.132. The Morgan fingerprint density at radius 1 is 1.15 bits per heavy atom. The summed E-state index contributed by atoms with van der Waals surface area (Å²) >= 11 is 5.85. The normalized spacial score (nSPS) is 10.2. The summed E-state index contributed by atoms with van der Waals surface area (Å²) in [6.07, 6.45) is 0.939. The molecule has 2 aromatic rings. The van der Waals surface area contributed by atoms with Crippen molar-refractivity contribution < 1.29 is 9.90 Å². The molecule has 0 aliphatic carbocycles. The molecule has 0 fully saturated rings. The second-order valence-corrected chi connectivity index (χ2v) is 4.95. The molecule has 102 valence electrons. The molecule has 4 heteroatoms. The number of hydrogen-bond acceptors (Lipinski definition) is 2. The molecule has 2 rings (SSSR count). The first-order valence-electron chi connectivity index (χ1n) is 6.15. The van der Waals surface area contributed by atoms with Crippen LogP contribution in [-0.2, 0) is 17.6 Å². The minimum Gasteiger partial charge on any atom is -0.478 e. The largest absolute Gasteiger partial charge is 0.478 e. The Labute approximate surface area is 122 Å². The van der Waals surface area contributed by atoms with Gasteiger partial charge in [0, 0.05) is 34.8 Å².